The van der Waals surface area contributed by atoms with Gasteiger partial charge in [0, 0.05) is 23.7 Å². The molecule has 128 valence electrons. The minimum atomic E-state index is -0.553. The number of nitrogens with zero attached hydrogens (tertiary/aromatic N) is 2. The molecule has 1 aromatic carbocycles. The van der Waals surface area contributed by atoms with Gasteiger partial charge in [0.25, 0.3) is 11.5 Å². The highest BCUT2D eigenvalue weighted by molar-refractivity contribution is 9.10. The number of aliphatic hydroxyl groups is 1. The number of rotatable bonds is 7. The second-order valence-electron chi connectivity index (χ2n) is 5.14. The average molecular weight is 396 g/mol. The second kappa shape index (κ2) is 8.60. The molecule has 0 fully saturated rings. The minimum Gasteiger partial charge on any atom is -0.505 e. The fraction of sp³-hybridized carbons (Fsp3) is 0.312. The Kier molecular flexibility index (Phi) is 6.51. The van der Waals surface area contributed by atoms with Gasteiger partial charge in [-0.05, 0) is 43.5 Å². The molecule has 24 heavy (non-hydrogen) atoms. The summed E-state index contributed by atoms with van der Waals surface area (Å²) in [6.07, 6.45) is 2.17. The molecule has 2 aromatic rings. The summed E-state index contributed by atoms with van der Waals surface area (Å²) in [5, 5.41) is 25.2. The van der Waals surface area contributed by atoms with Crippen LogP contribution in [0.15, 0.2) is 39.6 Å². The van der Waals surface area contributed by atoms with Crippen molar-refractivity contribution in [2.45, 2.75) is 19.3 Å². The molecule has 1 amide bonds. The van der Waals surface area contributed by atoms with E-state index >= 15 is 0 Å². The Balaban J connectivity index is 2.18. The Morgan fingerprint density at radius 2 is 1.92 bits per heavy atom. The van der Waals surface area contributed by atoms with Crippen LogP contribution in [0.1, 0.15) is 29.8 Å². The lowest BCUT2D eigenvalue weighted by atomic mass is 10.2. The summed E-state index contributed by atoms with van der Waals surface area (Å²) < 4.78 is 1.91. The van der Waals surface area contributed by atoms with E-state index in [1.54, 1.807) is 24.3 Å². The van der Waals surface area contributed by atoms with Gasteiger partial charge in [-0.25, -0.2) is 0 Å². The van der Waals surface area contributed by atoms with Gasteiger partial charge in [0.15, 0.2) is 11.4 Å². The third-order valence-corrected chi connectivity index (χ3v) is 3.85. The van der Waals surface area contributed by atoms with Gasteiger partial charge in [-0.1, -0.05) is 15.9 Å². The molecule has 7 nitrogen and oxygen atoms in total. The molecular weight excluding hydrogens is 378 g/mol. The molecule has 0 spiro atoms. The minimum absolute atomic E-state index is 0.119. The molecule has 2 rings (SSSR count). The Labute approximate surface area is 147 Å². The predicted octanol–water partition coefficient (Wildman–Crippen LogP) is 1.59. The number of carbonyl (C=O) groups excluding carboxylic acids is 1. The Morgan fingerprint density at radius 1 is 1.21 bits per heavy atom. The summed E-state index contributed by atoms with van der Waals surface area (Å²) in [4.78, 5) is 24.1. The molecule has 0 saturated heterocycles. The van der Waals surface area contributed by atoms with Gasteiger partial charge in [-0.15, -0.1) is 0 Å². The van der Waals surface area contributed by atoms with Crippen molar-refractivity contribution in [3.05, 3.63) is 50.9 Å². The van der Waals surface area contributed by atoms with E-state index in [0.29, 0.717) is 25.1 Å². The summed E-state index contributed by atoms with van der Waals surface area (Å²) in [5.41, 5.74) is -0.255. The molecule has 0 unspecified atom stereocenters. The third-order valence-electron chi connectivity index (χ3n) is 3.32. The van der Waals surface area contributed by atoms with Crippen molar-refractivity contribution in [2.75, 3.05) is 13.2 Å². The molecule has 0 aliphatic rings. The zero-order valence-corrected chi connectivity index (χ0v) is 14.5. The van der Waals surface area contributed by atoms with Crippen molar-refractivity contribution in [3.63, 3.8) is 0 Å². The quantitative estimate of drug-likeness (QED) is 0.617. The highest BCUT2D eigenvalue weighted by Crippen LogP contribution is 2.15. The van der Waals surface area contributed by atoms with Crippen LogP contribution in [0, 0.1) is 0 Å². The average Bonchev–Trinajstić information content (AvgIpc) is 2.55. The van der Waals surface area contributed by atoms with Gasteiger partial charge in [0.1, 0.15) is 0 Å². The van der Waals surface area contributed by atoms with Crippen LogP contribution in [0.25, 0.3) is 5.69 Å². The molecule has 8 heteroatoms. The van der Waals surface area contributed by atoms with Gasteiger partial charge in [0.2, 0.25) is 0 Å². The first-order valence-corrected chi connectivity index (χ1v) is 8.30. The monoisotopic (exact) mass is 395 g/mol. The van der Waals surface area contributed by atoms with Crippen LogP contribution in [0.3, 0.4) is 0 Å². The van der Waals surface area contributed by atoms with E-state index in [-0.39, 0.29) is 12.3 Å². The van der Waals surface area contributed by atoms with Gasteiger partial charge in [0.05, 0.1) is 5.69 Å². The van der Waals surface area contributed by atoms with Crippen LogP contribution in [-0.2, 0) is 0 Å². The van der Waals surface area contributed by atoms with Gasteiger partial charge in [-0.3, -0.25) is 9.59 Å². The van der Waals surface area contributed by atoms with Gasteiger partial charge in [-0.2, -0.15) is 9.78 Å². The fourth-order valence-electron chi connectivity index (χ4n) is 2.08. The van der Waals surface area contributed by atoms with Crippen molar-refractivity contribution < 1.29 is 15.0 Å². The van der Waals surface area contributed by atoms with E-state index in [9.17, 15) is 14.7 Å². The van der Waals surface area contributed by atoms with Crippen LogP contribution >= 0.6 is 15.9 Å². The molecule has 0 radical (unpaired) electrons. The standard InChI is InChI=1S/C16H18BrN3O4/c17-11-4-6-12(7-5-11)20-14(23)10-13(22)15(19-20)16(24)18-8-2-1-3-9-21/h4-7,10,21-22H,1-3,8-9H2,(H,18,24). The predicted molar refractivity (Wildman–Crippen MR) is 92.5 cm³/mol. The highest BCUT2D eigenvalue weighted by atomic mass is 79.9. The summed E-state index contributed by atoms with van der Waals surface area (Å²) in [6.45, 7) is 0.520. The normalized spacial score (nSPS) is 10.6. The van der Waals surface area contributed by atoms with Gasteiger partial charge >= 0.3 is 0 Å². The van der Waals surface area contributed by atoms with Crippen molar-refractivity contribution in [1.29, 1.82) is 0 Å². The molecule has 1 heterocycles. The number of carbonyl (C=O) groups is 1. The number of benzene rings is 1. The lowest BCUT2D eigenvalue weighted by Crippen LogP contribution is -2.29. The summed E-state index contributed by atoms with van der Waals surface area (Å²) in [5.74, 6) is -1.01. The number of aromatic hydroxyl groups is 1. The van der Waals surface area contributed by atoms with Crippen LogP contribution < -0.4 is 10.9 Å². The molecular formula is C16H18BrN3O4. The van der Waals surface area contributed by atoms with Crippen LogP contribution in [0.4, 0.5) is 0 Å². The maximum atomic E-state index is 12.1. The largest absolute Gasteiger partial charge is 0.505 e. The van der Waals surface area contributed by atoms with Crippen molar-refractivity contribution >= 4 is 21.8 Å². The maximum absolute atomic E-state index is 12.1. The molecule has 3 N–H and O–H groups in total. The van der Waals surface area contributed by atoms with Crippen LogP contribution in [-0.4, -0.2) is 39.1 Å². The molecule has 0 saturated carbocycles. The molecule has 0 aliphatic heterocycles. The first kappa shape index (κ1) is 18.2. The Bertz CT molecular complexity index is 759. The second-order valence-corrected chi connectivity index (χ2v) is 6.06. The molecule has 0 atom stereocenters. The fourth-order valence-corrected chi connectivity index (χ4v) is 2.34. The number of nitrogens with one attached hydrogen (secondary N) is 1. The first-order valence-electron chi connectivity index (χ1n) is 7.51. The Morgan fingerprint density at radius 3 is 2.58 bits per heavy atom. The molecule has 0 bridgehead atoms. The number of aliphatic hydroxyl groups excluding tert-OH is 1. The van der Waals surface area contributed by atoms with E-state index in [2.05, 4.69) is 26.3 Å². The zero-order valence-electron chi connectivity index (χ0n) is 12.9. The number of halogens is 1. The molecule has 0 aliphatic carbocycles. The van der Waals surface area contributed by atoms with Crippen molar-refractivity contribution in [2.24, 2.45) is 0 Å². The summed E-state index contributed by atoms with van der Waals surface area (Å²) in [7, 11) is 0. The lowest BCUT2D eigenvalue weighted by molar-refractivity contribution is 0.0943. The van der Waals surface area contributed by atoms with Crippen LogP contribution in [0.5, 0.6) is 5.75 Å². The number of unbranched alkanes of at least 4 members (excludes halogenated alkanes) is 2. The highest BCUT2D eigenvalue weighted by Gasteiger charge is 2.16. The SMILES string of the molecule is O=C(NCCCCCO)c1nn(-c2ccc(Br)cc2)c(=O)cc1O. The van der Waals surface area contributed by atoms with E-state index in [1.165, 1.54) is 0 Å². The topological polar surface area (TPSA) is 104 Å². The lowest BCUT2D eigenvalue weighted by Gasteiger charge is -2.09. The first-order chi connectivity index (χ1) is 11.5. The number of hydrogen-bond acceptors (Lipinski definition) is 5. The van der Waals surface area contributed by atoms with Crippen LogP contribution in [0.2, 0.25) is 0 Å². The number of aromatic nitrogens is 2. The number of hydrogen-bond donors (Lipinski definition) is 3. The summed E-state index contributed by atoms with van der Waals surface area (Å²) >= 11 is 3.30. The number of amides is 1. The smallest absolute Gasteiger partial charge is 0.275 e. The maximum Gasteiger partial charge on any atom is 0.275 e. The Hall–Kier alpha value is -2.19. The zero-order chi connectivity index (χ0) is 17.5. The van der Waals surface area contributed by atoms with E-state index < -0.39 is 17.2 Å². The van der Waals surface area contributed by atoms with E-state index in [4.69, 9.17) is 5.11 Å². The van der Waals surface area contributed by atoms with Gasteiger partial charge < -0.3 is 15.5 Å². The third kappa shape index (κ3) is 4.65. The van der Waals surface area contributed by atoms with Crippen molar-refractivity contribution in [1.82, 2.24) is 15.1 Å². The van der Waals surface area contributed by atoms with E-state index in [0.717, 1.165) is 21.6 Å². The summed E-state index contributed by atoms with van der Waals surface area (Å²) in [6, 6.07) is 7.81. The van der Waals surface area contributed by atoms with E-state index in [1.807, 2.05) is 0 Å². The van der Waals surface area contributed by atoms with Crippen molar-refractivity contribution in [3.8, 4) is 11.4 Å². The molecule has 1 aromatic heterocycles.